The lowest BCUT2D eigenvalue weighted by Crippen LogP contribution is -2.24. The van der Waals surface area contributed by atoms with Gasteiger partial charge in [-0.2, -0.15) is 11.8 Å². The van der Waals surface area contributed by atoms with Crippen molar-refractivity contribution in [2.24, 2.45) is 5.41 Å². The third-order valence-corrected chi connectivity index (χ3v) is 4.98. The highest BCUT2D eigenvalue weighted by molar-refractivity contribution is 8.14. The van der Waals surface area contributed by atoms with Crippen molar-refractivity contribution in [3.05, 3.63) is 0 Å². The number of carbonyl (C=O) groups excluding carboxylic acids is 1. The van der Waals surface area contributed by atoms with Gasteiger partial charge < -0.3 is 5.11 Å². The average Bonchev–Trinajstić information content (AvgIpc) is 2.09. The van der Waals surface area contributed by atoms with Crippen LogP contribution in [-0.2, 0) is 4.79 Å². The molecular weight excluding hydrogens is 228 g/mol. The van der Waals surface area contributed by atoms with E-state index in [9.17, 15) is 4.79 Å². The number of thioether (sulfide) groups is 2. The lowest BCUT2D eigenvalue weighted by Gasteiger charge is -2.24. The van der Waals surface area contributed by atoms with Crippen molar-refractivity contribution in [1.82, 2.24) is 0 Å². The van der Waals surface area contributed by atoms with Crippen LogP contribution in [0.3, 0.4) is 0 Å². The van der Waals surface area contributed by atoms with Crippen LogP contribution in [0.2, 0.25) is 0 Å². The molecule has 0 aromatic carbocycles. The Morgan fingerprint density at radius 2 is 1.73 bits per heavy atom. The first kappa shape index (κ1) is 15.3. The lowest BCUT2D eigenvalue weighted by atomic mass is 10.00. The predicted molar refractivity (Wildman–Crippen MR) is 70.5 cm³/mol. The standard InChI is InChI=1S/C11H22O2S2/c1-10(2,3)9(13)14-8-11(4,5)15-7-6-12/h12H,6-8H2,1-5H3. The second-order valence-corrected chi connectivity index (χ2v) is 7.91. The second kappa shape index (κ2) is 6.16. The maximum atomic E-state index is 11.7. The van der Waals surface area contributed by atoms with Gasteiger partial charge in [0, 0.05) is 21.7 Å². The Kier molecular flexibility index (Phi) is 6.30. The van der Waals surface area contributed by atoms with Gasteiger partial charge in [0.25, 0.3) is 0 Å². The third-order valence-electron chi connectivity index (χ3n) is 1.75. The molecule has 0 radical (unpaired) electrons. The number of hydrogen-bond acceptors (Lipinski definition) is 4. The summed E-state index contributed by atoms with van der Waals surface area (Å²) in [4.78, 5) is 11.7. The molecular formula is C11H22O2S2. The molecule has 0 aliphatic carbocycles. The van der Waals surface area contributed by atoms with Crippen LogP contribution in [0.1, 0.15) is 34.6 Å². The lowest BCUT2D eigenvalue weighted by molar-refractivity contribution is -0.117. The van der Waals surface area contributed by atoms with Gasteiger partial charge in [0.1, 0.15) is 0 Å². The van der Waals surface area contributed by atoms with E-state index in [0.29, 0.717) is 0 Å². The molecule has 90 valence electrons. The first-order chi connectivity index (χ1) is 6.69. The second-order valence-electron chi connectivity index (χ2n) is 5.16. The monoisotopic (exact) mass is 250 g/mol. The zero-order valence-electron chi connectivity index (χ0n) is 10.3. The fourth-order valence-electron chi connectivity index (χ4n) is 0.819. The van der Waals surface area contributed by atoms with Crippen LogP contribution >= 0.6 is 23.5 Å². The van der Waals surface area contributed by atoms with Crippen LogP contribution in [0.25, 0.3) is 0 Å². The summed E-state index contributed by atoms with van der Waals surface area (Å²) in [6.07, 6.45) is 0. The average molecular weight is 250 g/mol. The Labute approximate surface area is 102 Å². The largest absolute Gasteiger partial charge is 0.396 e. The summed E-state index contributed by atoms with van der Waals surface area (Å²) >= 11 is 3.11. The van der Waals surface area contributed by atoms with Gasteiger partial charge in [-0.15, -0.1) is 0 Å². The Morgan fingerprint density at radius 1 is 1.20 bits per heavy atom. The van der Waals surface area contributed by atoms with Gasteiger partial charge in [0.2, 0.25) is 0 Å². The number of aliphatic hydroxyl groups excluding tert-OH is 1. The van der Waals surface area contributed by atoms with Gasteiger partial charge in [-0.1, -0.05) is 32.5 Å². The molecule has 0 heterocycles. The third kappa shape index (κ3) is 7.25. The summed E-state index contributed by atoms with van der Waals surface area (Å²) in [6.45, 7) is 10.2. The Balaban J connectivity index is 3.98. The molecule has 2 nitrogen and oxygen atoms in total. The molecule has 0 spiro atoms. The van der Waals surface area contributed by atoms with Crippen molar-refractivity contribution in [2.45, 2.75) is 39.4 Å². The highest BCUT2D eigenvalue weighted by Gasteiger charge is 2.26. The van der Waals surface area contributed by atoms with Crippen LogP contribution in [0.4, 0.5) is 0 Å². The van der Waals surface area contributed by atoms with E-state index in [1.165, 1.54) is 11.8 Å². The maximum Gasteiger partial charge on any atom is 0.194 e. The molecule has 0 bridgehead atoms. The molecule has 0 rings (SSSR count). The van der Waals surface area contributed by atoms with Gasteiger partial charge in [-0.25, -0.2) is 0 Å². The first-order valence-corrected chi connectivity index (χ1v) is 7.08. The van der Waals surface area contributed by atoms with Crippen LogP contribution in [-0.4, -0.2) is 33.1 Å². The molecule has 0 saturated heterocycles. The zero-order valence-corrected chi connectivity index (χ0v) is 11.9. The Bertz CT molecular complexity index is 207. The van der Waals surface area contributed by atoms with Gasteiger partial charge in [-0.3, -0.25) is 4.79 Å². The molecule has 0 atom stereocenters. The van der Waals surface area contributed by atoms with Crippen molar-refractivity contribution in [3.8, 4) is 0 Å². The SMILES string of the molecule is CC(C)(CSC(=O)C(C)(C)C)SCCO. The van der Waals surface area contributed by atoms with Crippen LogP contribution in [0, 0.1) is 5.41 Å². The first-order valence-electron chi connectivity index (χ1n) is 5.11. The molecule has 0 unspecified atom stereocenters. The predicted octanol–water partition coefficient (Wildman–Crippen LogP) is 2.80. The molecule has 0 aromatic heterocycles. The molecule has 0 saturated carbocycles. The van der Waals surface area contributed by atoms with Crippen molar-refractivity contribution in [3.63, 3.8) is 0 Å². The fraction of sp³-hybridized carbons (Fsp3) is 0.909. The maximum absolute atomic E-state index is 11.7. The quantitative estimate of drug-likeness (QED) is 0.814. The van der Waals surface area contributed by atoms with Gasteiger partial charge in [0.15, 0.2) is 5.12 Å². The normalized spacial score (nSPS) is 12.9. The smallest absolute Gasteiger partial charge is 0.194 e. The topological polar surface area (TPSA) is 37.3 Å². The summed E-state index contributed by atoms with van der Waals surface area (Å²) < 4.78 is 0.0499. The van der Waals surface area contributed by atoms with Gasteiger partial charge >= 0.3 is 0 Å². The number of hydrogen-bond donors (Lipinski definition) is 1. The van der Waals surface area contributed by atoms with Crippen molar-refractivity contribution in [2.75, 3.05) is 18.1 Å². The van der Waals surface area contributed by atoms with E-state index in [2.05, 4.69) is 13.8 Å². The van der Waals surface area contributed by atoms with E-state index in [-0.39, 0.29) is 21.9 Å². The molecule has 4 heteroatoms. The minimum atomic E-state index is -0.262. The minimum Gasteiger partial charge on any atom is -0.396 e. The highest BCUT2D eigenvalue weighted by Crippen LogP contribution is 2.31. The number of aliphatic hydroxyl groups is 1. The van der Waals surface area contributed by atoms with Crippen molar-refractivity contribution >= 4 is 28.6 Å². The van der Waals surface area contributed by atoms with Gasteiger partial charge in [-0.05, 0) is 13.8 Å². The van der Waals surface area contributed by atoms with E-state index < -0.39 is 0 Å². The van der Waals surface area contributed by atoms with Crippen LogP contribution in [0.5, 0.6) is 0 Å². The van der Waals surface area contributed by atoms with E-state index in [0.717, 1.165) is 11.5 Å². The van der Waals surface area contributed by atoms with Crippen LogP contribution < -0.4 is 0 Å². The van der Waals surface area contributed by atoms with E-state index >= 15 is 0 Å². The molecule has 0 aliphatic heterocycles. The molecule has 0 aromatic rings. The Morgan fingerprint density at radius 3 is 2.13 bits per heavy atom. The summed E-state index contributed by atoms with van der Waals surface area (Å²) in [5, 5.41) is 8.98. The summed E-state index contributed by atoms with van der Waals surface area (Å²) in [7, 11) is 0. The number of carbonyl (C=O) groups is 1. The minimum absolute atomic E-state index is 0.0499. The van der Waals surface area contributed by atoms with Gasteiger partial charge in [0.05, 0.1) is 6.61 Å². The molecule has 1 N–H and O–H groups in total. The van der Waals surface area contributed by atoms with E-state index in [4.69, 9.17) is 5.11 Å². The molecule has 0 fully saturated rings. The summed E-state index contributed by atoms with van der Waals surface area (Å²) in [6, 6.07) is 0. The number of rotatable bonds is 5. The highest BCUT2D eigenvalue weighted by atomic mass is 32.2. The van der Waals surface area contributed by atoms with E-state index in [1.54, 1.807) is 11.8 Å². The van der Waals surface area contributed by atoms with E-state index in [1.807, 2.05) is 20.8 Å². The molecule has 0 amide bonds. The van der Waals surface area contributed by atoms with Crippen molar-refractivity contribution in [1.29, 1.82) is 0 Å². The Hall–Kier alpha value is 0.330. The zero-order chi connectivity index (χ0) is 12.1. The fourth-order valence-corrected chi connectivity index (χ4v) is 2.89. The summed E-state index contributed by atoms with van der Waals surface area (Å²) in [5.41, 5.74) is -0.262. The van der Waals surface area contributed by atoms with Crippen molar-refractivity contribution < 1.29 is 9.90 Å². The summed E-state index contributed by atoms with van der Waals surface area (Å²) in [5.74, 6) is 1.53. The van der Waals surface area contributed by atoms with Crippen LogP contribution in [0.15, 0.2) is 0 Å². The molecule has 0 aliphatic rings. The molecule has 15 heavy (non-hydrogen) atoms.